The molecule has 0 aliphatic rings. The standard InChI is InChI=1S/C36H23N3/c1-3-12-25(13-4-1)31-23-32(26-14-5-2-6-15-26)38-36(37-31)39-33-20-19-24-11-9-10-18-29(24)35(33)30-21-27-16-7-8-17-28(27)22-34(30)39/h1-23H. The molecule has 8 rings (SSSR count). The molecule has 0 saturated carbocycles. The summed E-state index contributed by atoms with van der Waals surface area (Å²) in [6.07, 6.45) is 0. The van der Waals surface area contributed by atoms with Gasteiger partial charge in [0.25, 0.3) is 0 Å². The van der Waals surface area contributed by atoms with Crippen molar-refractivity contribution in [1.29, 1.82) is 0 Å². The lowest BCUT2D eigenvalue weighted by atomic mass is 10.0. The van der Waals surface area contributed by atoms with E-state index in [9.17, 15) is 0 Å². The van der Waals surface area contributed by atoms with Crippen LogP contribution in [0.3, 0.4) is 0 Å². The average Bonchev–Trinajstić information content (AvgIpc) is 3.34. The van der Waals surface area contributed by atoms with E-state index in [1.165, 1.54) is 32.3 Å². The fourth-order valence-corrected chi connectivity index (χ4v) is 5.74. The largest absolute Gasteiger partial charge is 0.278 e. The lowest BCUT2D eigenvalue weighted by Gasteiger charge is -2.12. The SMILES string of the molecule is c1ccc(-c2cc(-c3ccccc3)nc(-n3c4cc5ccccc5cc4c4c5ccccc5ccc43)n2)cc1. The minimum atomic E-state index is 0.667. The van der Waals surface area contributed by atoms with Crippen molar-refractivity contribution in [2.24, 2.45) is 0 Å². The Kier molecular flexibility index (Phi) is 4.82. The Hall–Kier alpha value is -5.28. The van der Waals surface area contributed by atoms with Gasteiger partial charge in [-0.2, -0.15) is 0 Å². The minimum Gasteiger partial charge on any atom is -0.278 e. The molecule has 0 radical (unpaired) electrons. The molecular weight excluding hydrogens is 474 g/mol. The highest BCUT2D eigenvalue weighted by Crippen LogP contribution is 2.38. The van der Waals surface area contributed by atoms with Crippen molar-refractivity contribution >= 4 is 43.4 Å². The summed E-state index contributed by atoms with van der Waals surface area (Å²) in [5, 5.41) is 7.30. The van der Waals surface area contributed by atoms with Gasteiger partial charge in [-0.05, 0) is 45.8 Å². The lowest BCUT2D eigenvalue weighted by molar-refractivity contribution is 0.996. The van der Waals surface area contributed by atoms with Crippen LogP contribution in [-0.4, -0.2) is 14.5 Å². The zero-order chi connectivity index (χ0) is 25.8. The molecule has 182 valence electrons. The van der Waals surface area contributed by atoms with Gasteiger partial charge >= 0.3 is 0 Å². The molecule has 2 heterocycles. The number of fused-ring (bicyclic) bond motifs is 6. The van der Waals surface area contributed by atoms with Gasteiger partial charge < -0.3 is 0 Å². The van der Waals surface area contributed by atoms with E-state index in [0.29, 0.717) is 5.95 Å². The van der Waals surface area contributed by atoms with E-state index in [-0.39, 0.29) is 0 Å². The Balaban J connectivity index is 1.53. The normalized spacial score (nSPS) is 11.6. The summed E-state index contributed by atoms with van der Waals surface area (Å²) in [7, 11) is 0. The van der Waals surface area contributed by atoms with Crippen molar-refractivity contribution in [1.82, 2.24) is 14.5 Å². The van der Waals surface area contributed by atoms with Gasteiger partial charge in [0, 0.05) is 21.9 Å². The Morgan fingerprint density at radius 1 is 0.410 bits per heavy atom. The van der Waals surface area contributed by atoms with E-state index in [1.807, 2.05) is 12.1 Å². The van der Waals surface area contributed by atoms with Crippen LogP contribution in [0, 0.1) is 0 Å². The monoisotopic (exact) mass is 497 g/mol. The maximum Gasteiger partial charge on any atom is 0.235 e. The summed E-state index contributed by atoms with van der Waals surface area (Å²) in [6.45, 7) is 0. The molecule has 0 atom stereocenters. The minimum absolute atomic E-state index is 0.667. The van der Waals surface area contributed by atoms with Crippen LogP contribution in [-0.2, 0) is 0 Å². The predicted molar refractivity (Wildman–Crippen MR) is 162 cm³/mol. The molecule has 6 aromatic carbocycles. The van der Waals surface area contributed by atoms with Crippen LogP contribution >= 0.6 is 0 Å². The number of nitrogens with zero attached hydrogens (tertiary/aromatic N) is 3. The Labute approximate surface area is 225 Å². The van der Waals surface area contributed by atoms with Gasteiger partial charge in [-0.25, -0.2) is 9.97 Å². The van der Waals surface area contributed by atoms with Crippen molar-refractivity contribution in [2.75, 3.05) is 0 Å². The summed E-state index contributed by atoms with van der Waals surface area (Å²) in [5.74, 6) is 0.667. The second kappa shape index (κ2) is 8.64. The van der Waals surface area contributed by atoms with E-state index >= 15 is 0 Å². The molecule has 8 aromatic rings. The summed E-state index contributed by atoms with van der Waals surface area (Å²) in [4.78, 5) is 10.4. The second-order valence-electron chi connectivity index (χ2n) is 9.90. The van der Waals surface area contributed by atoms with Gasteiger partial charge in [0.05, 0.1) is 22.4 Å². The fourth-order valence-electron chi connectivity index (χ4n) is 5.74. The summed E-state index contributed by atoms with van der Waals surface area (Å²) in [6, 6.07) is 49.0. The van der Waals surface area contributed by atoms with E-state index in [0.717, 1.165) is 33.5 Å². The summed E-state index contributed by atoms with van der Waals surface area (Å²) >= 11 is 0. The van der Waals surface area contributed by atoms with Crippen LogP contribution in [0.15, 0.2) is 140 Å². The molecule has 0 spiro atoms. The summed E-state index contributed by atoms with van der Waals surface area (Å²) < 4.78 is 2.24. The van der Waals surface area contributed by atoms with Crippen LogP contribution in [0.1, 0.15) is 0 Å². The molecule has 0 N–H and O–H groups in total. The van der Waals surface area contributed by atoms with Crippen LogP contribution in [0.2, 0.25) is 0 Å². The lowest BCUT2D eigenvalue weighted by Crippen LogP contribution is -2.04. The van der Waals surface area contributed by atoms with Crippen LogP contribution in [0.5, 0.6) is 0 Å². The maximum atomic E-state index is 5.18. The highest BCUT2D eigenvalue weighted by atomic mass is 15.2. The summed E-state index contributed by atoms with van der Waals surface area (Å²) in [5.41, 5.74) is 6.13. The van der Waals surface area contributed by atoms with Gasteiger partial charge in [0.1, 0.15) is 0 Å². The fraction of sp³-hybridized carbons (Fsp3) is 0. The zero-order valence-electron chi connectivity index (χ0n) is 21.1. The quantitative estimate of drug-likeness (QED) is 0.244. The van der Waals surface area contributed by atoms with Gasteiger partial charge in [-0.1, -0.05) is 115 Å². The third-order valence-electron chi connectivity index (χ3n) is 7.58. The molecule has 0 saturated heterocycles. The molecule has 0 unspecified atom stereocenters. The molecule has 39 heavy (non-hydrogen) atoms. The van der Waals surface area contributed by atoms with Crippen molar-refractivity contribution in [2.45, 2.75) is 0 Å². The van der Waals surface area contributed by atoms with Crippen molar-refractivity contribution in [3.8, 4) is 28.5 Å². The Morgan fingerprint density at radius 2 is 0.974 bits per heavy atom. The Morgan fingerprint density at radius 3 is 1.64 bits per heavy atom. The molecule has 0 bridgehead atoms. The van der Waals surface area contributed by atoms with Gasteiger partial charge in [-0.3, -0.25) is 4.57 Å². The Bertz CT molecular complexity index is 2100. The molecule has 3 heteroatoms. The molecule has 0 fully saturated rings. The number of benzene rings is 6. The average molecular weight is 498 g/mol. The van der Waals surface area contributed by atoms with Gasteiger partial charge in [0.2, 0.25) is 5.95 Å². The molecule has 2 aromatic heterocycles. The molecule has 0 aliphatic carbocycles. The van der Waals surface area contributed by atoms with Crippen molar-refractivity contribution in [3.05, 3.63) is 140 Å². The first-order chi connectivity index (χ1) is 19.3. The number of aromatic nitrogens is 3. The van der Waals surface area contributed by atoms with Crippen molar-refractivity contribution < 1.29 is 0 Å². The zero-order valence-corrected chi connectivity index (χ0v) is 21.1. The van der Waals surface area contributed by atoms with E-state index < -0.39 is 0 Å². The van der Waals surface area contributed by atoms with Gasteiger partial charge in [0.15, 0.2) is 0 Å². The molecule has 0 amide bonds. The third kappa shape index (κ3) is 3.52. The van der Waals surface area contributed by atoms with E-state index in [4.69, 9.17) is 9.97 Å². The van der Waals surface area contributed by atoms with E-state index in [2.05, 4.69) is 132 Å². The van der Waals surface area contributed by atoms with Crippen LogP contribution < -0.4 is 0 Å². The van der Waals surface area contributed by atoms with Gasteiger partial charge in [-0.15, -0.1) is 0 Å². The van der Waals surface area contributed by atoms with Crippen molar-refractivity contribution in [3.63, 3.8) is 0 Å². The number of rotatable bonds is 3. The topological polar surface area (TPSA) is 30.7 Å². The highest BCUT2D eigenvalue weighted by Gasteiger charge is 2.19. The van der Waals surface area contributed by atoms with Crippen LogP contribution in [0.25, 0.3) is 71.8 Å². The molecule has 0 aliphatic heterocycles. The first-order valence-electron chi connectivity index (χ1n) is 13.2. The third-order valence-corrected chi connectivity index (χ3v) is 7.58. The number of hydrogen-bond donors (Lipinski definition) is 0. The predicted octanol–water partition coefficient (Wildman–Crippen LogP) is 9.21. The van der Waals surface area contributed by atoms with E-state index in [1.54, 1.807) is 0 Å². The first-order valence-corrected chi connectivity index (χ1v) is 13.2. The molecule has 3 nitrogen and oxygen atoms in total. The smallest absolute Gasteiger partial charge is 0.235 e. The maximum absolute atomic E-state index is 5.18. The first kappa shape index (κ1) is 21.8. The second-order valence-corrected chi connectivity index (χ2v) is 9.90. The number of hydrogen-bond acceptors (Lipinski definition) is 2. The molecular formula is C36H23N3. The van der Waals surface area contributed by atoms with Crippen LogP contribution in [0.4, 0.5) is 0 Å². The highest BCUT2D eigenvalue weighted by molar-refractivity contribution is 6.23.